The van der Waals surface area contributed by atoms with Gasteiger partial charge in [-0.1, -0.05) is 26.2 Å². The van der Waals surface area contributed by atoms with Crippen LogP contribution < -0.4 is 5.73 Å². The van der Waals surface area contributed by atoms with Crippen molar-refractivity contribution in [2.75, 3.05) is 6.54 Å². The van der Waals surface area contributed by atoms with Crippen molar-refractivity contribution in [3.8, 4) is 0 Å². The molecule has 4 unspecified atom stereocenters. The van der Waals surface area contributed by atoms with Gasteiger partial charge in [0.2, 0.25) is 5.91 Å². The standard InChI is InChI=1S/C14H26N2O/c1-10-8-11(2)16(9-10)14(17)12-6-4-3-5-7-13(12)15/h10-13H,3-9,15H2,1-2H3. The van der Waals surface area contributed by atoms with Crippen LogP contribution in [-0.4, -0.2) is 29.4 Å². The average Bonchev–Trinajstić information content (AvgIpc) is 2.49. The zero-order valence-corrected chi connectivity index (χ0v) is 11.2. The van der Waals surface area contributed by atoms with E-state index in [9.17, 15) is 4.79 Å². The molecule has 2 aliphatic rings. The molecule has 3 heteroatoms. The van der Waals surface area contributed by atoms with E-state index in [1.54, 1.807) is 0 Å². The van der Waals surface area contributed by atoms with Crippen LogP contribution in [0.15, 0.2) is 0 Å². The first-order valence-electron chi connectivity index (χ1n) is 7.15. The fraction of sp³-hybridized carbons (Fsp3) is 0.929. The summed E-state index contributed by atoms with van der Waals surface area (Å²) in [7, 11) is 0. The third-order valence-corrected chi connectivity index (χ3v) is 4.45. The van der Waals surface area contributed by atoms with Crippen molar-refractivity contribution in [1.82, 2.24) is 4.90 Å². The summed E-state index contributed by atoms with van der Waals surface area (Å²) in [6, 6.07) is 0.501. The highest BCUT2D eigenvalue weighted by Crippen LogP contribution is 2.29. The Morgan fingerprint density at radius 3 is 2.53 bits per heavy atom. The number of likely N-dealkylation sites (tertiary alicyclic amines) is 1. The second-order valence-corrected chi connectivity index (χ2v) is 6.09. The molecule has 3 nitrogen and oxygen atoms in total. The molecule has 2 rings (SSSR count). The van der Waals surface area contributed by atoms with Crippen molar-refractivity contribution < 1.29 is 4.79 Å². The van der Waals surface area contributed by atoms with E-state index in [-0.39, 0.29) is 12.0 Å². The van der Waals surface area contributed by atoms with Crippen LogP contribution in [0.5, 0.6) is 0 Å². The van der Waals surface area contributed by atoms with Gasteiger partial charge in [-0.3, -0.25) is 4.79 Å². The third-order valence-electron chi connectivity index (χ3n) is 4.45. The summed E-state index contributed by atoms with van der Waals surface area (Å²) in [5.41, 5.74) is 6.18. The van der Waals surface area contributed by atoms with Crippen molar-refractivity contribution >= 4 is 5.91 Å². The molecule has 2 N–H and O–H groups in total. The predicted octanol–water partition coefficient (Wildman–Crippen LogP) is 2.15. The van der Waals surface area contributed by atoms with Crippen LogP contribution in [0.1, 0.15) is 52.4 Å². The summed E-state index contributed by atoms with van der Waals surface area (Å²) >= 11 is 0. The maximum atomic E-state index is 12.6. The molecule has 0 aromatic heterocycles. The van der Waals surface area contributed by atoms with Gasteiger partial charge >= 0.3 is 0 Å². The van der Waals surface area contributed by atoms with Crippen LogP contribution in [0.4, 0.5) is 0 Å². The van der Waals surface area contributed by atoms with E-state index in [2.05, 4.69) is 18.7 Å². The SMILES string of the molecule is CC1CC(C)N(C(=O)C2CCCCCC2N)C1. The van der Waals surface area contributed by atoms with Gasteiger partial charge in [0.1, 0.15) is 0 Å². The molecule has 1 aliphatic carbocycles. The molecule has 4 atom stereocenters. The van der Waals surface area contributed by atoms with Crippen LogP contribution in [0.2, 0.25) is 0 Å². The van der Waals surface area contributed by atoms with Crippen molar-refractivity contribution in [2.45, 2.75) is 64.5 Å². The van der Waals surface area contributed by atoms with Crippen molar-refractivity contribution in [1.29, 1.82) is 0 Å². The minimum atomic E-state index is 0.0882. The van der Waals surface area contributed by atoms with Crippen LogP contribution in [0.25, 0.3) is 0 Å². The Bertz CT molecular complexity index is 279. The van der Waals surface area contributed by atoms with E-state index in [1.165, 1.54) is 19.3 Å². The van der Waals surface area contributed by atoms with Crippen LogP contribution in [0.3, 0.4) is 0 Å². The van der Waals surface area contributed by atoms with Gasteiger partial charge in [0.15, 0.2) is 0 Å². The highest BCUT2D eigenvalue weighted by atomic mass is 16.2. The molecule has 0 aromatic carbocycles. The number of nitrogens with zero attached hydrogens (tertiary/aromatic N) is 1. The van der Waals surface area contributed by atoms with Gasteiger partial charge < -0.3 is 10.6 Å². The van der Waals surface area contributed by atoms with Crippen LogP contribution >= 0.6 is 0 Å². The molecule has 98 valence electrons. The summed E-state index contributed by atoms with van der Waals surface area (Å²) in [6.07, 6.45) is 6.77. The fourth-order valence-electron chi connectivity index (χ4n) is 3.46. The second-order valence-electron chi connectivity index (χ2n) is 6.09. The first-order valence-corrected chi connectivity index (χ1v) is 7.15. The second kappa shape index (κ2) is 5.38. The number of carbonyl (C=O) groups is 1. The molecule has 0 radical (unpaired) electrons. The minimum Gasteiger partial charge on any atom is -0.339 e. The van der Waals surface area contributed by atoms with Gasteiger partial charge in [-0.05, 0) is 32.1 Å². The molecule has 1 saturated heterocycles. The number of amides is 1. The highest BCUT2D eigenvalue weighted by Gasteiger charge is 2.36. The van der Waals surface area contributed by atoms with E-state index < -0.39 is 0 Å². The number of nitrogens with two attached hydrogens (primary N) is 1. The number of rotatable bonds is 1. The van der Waals surface area contributed by atoms with Gasteiger partial charge in [0.05, 0.1) is 5.92 Å². The Balaban J connectivity index is 2.02. The minimum absolute atomic E-state index is 0.0882. The lowest BCUT2D eigenvalue weighted by Crippen LogP contribution is -2.45. The maximum absolute atomic E-state index is 12.6. The van der Waals surface area contributed by atoms with E-state index in [1.807, 2.05) is 0 Å². The van der Waals surface area contributed by atoms with E-state index in [0.717, 1.165) is 25.8 Å². The molecular formula is C14H26N2O. The predicted molar refractivity (Wildman–Crippen MR) is 69.5 cm³/mol. The monoisotopic (exact) mass is 238 g/mol. The zero-order valence-electron chi connectivity index (χ0n) is 11.2. The molecule has 17 heavy (non-hydrogen) atoms. The number of hydrogen-bond donors (Lipinski definition) is 1. The summed E-state index contributed by atoms with van der Waals surface area (Å²) in [4.78, 5) is 14.6. The molecule has 0 spiro atoms. The summed E-state index contributed by atoms with van der Waals surface area (Å²) < 4.78 is 0. The topological polar surface area (TPSA) is 46.3 Å². The van der Waals surface area contributed by atoms with Gasteiger partial charge in [0, 0.05) is 18.6 Å². The van der Waals surface area contributed by atoms with Crippen molar-refractivity contribution in [3.63, 3.8) is 0 Å². The third kappa shape index (κ3) is 2.82. The Labute approximate surface area is 105 Å². The van der Waals surface area contributed by atoms with E-state index in [0.29, 0.717) is 17.9 Å². The van der Waals surface area contributed by atoms with Crippen LogP contribution in [0, 0.1) is 11.8 Å². The first-order chi connectivity index (χ1) is 8.09. The van der Waals surface area contributed by atoms with E-state index in [4.69, 9.17) is 5.73 Å². The maximum Gasteiger partial charge on any atom is 0.227 e. The number of hydrogen-bond acceptors (Lipinski definition) is 2. The molecule has 1 aliphatic heterocycles. The molecule has 0 aromatic rings. The molecule has 2 fully saturated rings. The Hall–Kier alpha value is -0.570. The Morgan fingerprint density at radius 1 is 1.18 bits per heavy atom. The molecule has 1 amide bonds. The zero-order chi connectivity index (χ0) is 12.4. The van der Waals surface area contributed by atoms with Crippen molar-refractivity contribution in [3.05, 3.63) is 0 Å². The lowest BCUT2D eigenvalue weighted by atomic mass is 9.94. The smallest absolute Gasteiger partial charge is 0.227 e. The quantitative estimate of drug-likeness (QED) is 0.712. The fourth-order valence-corrected chi connectivity index (χ4v) is 3.46. The largest absolute Gasteiger partial charge is 0.339 e. The number of carbonyl (C=O) groups excluding carboxylic acids is 1. The lowest BCUT2D eigenvalue weighted by Gasteiger charge is -2.29. The molecule has 0 bridgehead atoms. The highest BCUT2D eigenvalue weighted by molar-refractivity contribution is 5.80. The van der Waals surface area contributed by atoms with Gasteiger partial charge in [-0.15, -0.1) is 0 Å². The summed E-state index contributed by atoms with van der Waals surface area (Å²) in [6.45, 7) is 5.34. The van der Waals surface area contributed by atoms with Gasteiger partial charge in [-0.25, -0.2) is 0 Å². The Morgan fingerprint density at radius 2 is 1.88 bits per heavy atom. The molecule has 1 heterocycles. The molecule has 1 saturated carbocycles. The molecular weight excluding hydrogens is 212 g/mol. The Kier molecular flexibility index (Phi) is 4.08. The summed E-state index contributed by atoms with van der Waals surface area (Å²) in [5, 5.41) is 0. The van der Waals surface area contributed by atoms with Crippen molar-refractivity contribution in [2.24, 2.45) is 17.6 Å². The summed E-state index contributed by atoms with van der Waals surface area (Å²) in [5.74, 6) is 1.07. The van der Waals surface area contributed by atoms with Crippen LogP contribution in [-0.2, 0) is 4.79 Å². The normalized spacial score (nSPS) is 39.1. The van der Waals surface area contributed by atoms with E-state index >= 15 is 0 Å². The lowest BCUT2D eigenvalue weighted by molar-refractivity contribution is -0.137. The first kappa shape index (κ1) is 12.9. The van der Waals surface area contributed by atoms with Gasteiger partial charge in [0.25, 0.3) is 0 Å². The van der Waals surface area contributed by atoms with Gasteiger partial charge in [-0.2, -0.15) is 0 Å². The average molecular weight is 238 g/mol.